The molecule has 9 heteroatoms. The third kappa shape index (κ3) is 4.08. The second kappa shape index (κ2) is 7.23. The third-order valence-corrected chi connectivity index (χ3v) is 5.52. The molecular weight excluding hydrogens is 368 g/mol. The normalized spacial score (nSPS) is 25.9. The monoisotopic (exact) mass is 384 g/mol. The topological polar surface area (TPSA) is 95.9 Å². The highest BCUT2D eigenvalue weighted by Gasteiger charge is 2.35. The predicted octanol–water partition coefficient (Wildman–Crippen LogP) is 1.84. The Labute approximate surface area is 153 Å². The second-order valence-corrected chi connectivity index (χ2v) is 7.69. The standard InChI is InChI=1S/C16H17ClN2O5S/c1-8-6-19(7-11(24-8)16(22)23)14(20)5-13-15(21)18-10-4-9(17)2-3-12(10)25-13/h2-4,8,11,13H,5-7H2,1H3,(H,18,21)(H,22,23)/t8-,11?,13?/m1/s1. The van der Waals surface area contributed by atoms with Gasteiger partial charge in [0.2, 0.25) is 11.8 Å². The van der Waals surface area contributed by atoms with Crippen molar-refractivity contribution in [2.75, 3.05) is 18.4 Å². The number of carbonyl (C=O) groups is 3. The molecule has 3 rings (SSSR count). The molecule has 0 aliphatic carbocycles. The molecule has 134 valence electrons. The van der Waals surface area contributed by atoms with Gasteiger partial charge in [-0.15, -0.1) is 11.8 Å². The van der Waals surface area contributed by atoms with Gasteiger partial charge in [0, 0.05) is 22.9 Å². The molecule has 2 unspecified atom stereocenters. The number of morpholine rings is 1. The number of carbonyl (C=O) groups excluding carboxylic acids is 2. The number of anilines is 1. The largest absolute Gasteiger partial charge is 0.479 e. The minimum atomic E-state index is -1.10. The van der Waals surface area contributed by atoms with Crippen LogP contribution in [0.5, 0.6) is 0 Å². The van der Waals surface area contributed by atoms with Crippen molar-refractivity contribution in [3.8, 4) is 0 Å². The van der Waals surface area contributed by atoms with Crippen LogP contribution in [-0.4, -0.2) is 58.3 Å². The highest BCUT2D eigenvalue weighted by atomic mass is 35.5. The number of aliphatic carboxylic acids is 1. The second-order valence-electron chi connectivity index (χ2n) is 6.01. The van der Waals surface area contributed by atoms with Crippen LogP contribution in [0.4, 0.5) is 5.69 Å². The van der Waals surface area contributed by atoms with Crippen molar-refractivity contribution in [2.24, 2.45) is 0 Å². The number of fused-ring (bicyclic) bond motifs is 1. The van der Waals surface area contributed by atoms with Gasteiger partial charge in [-0.1, -0.05) is 11.6 Å². The van der Waals surface area contributed by atoms with Crippen molar-refractivity contribution in [3.63, 3.8) is 0 Å². The average molecular weight is 385 g/mol. The van der Waals surface area contributed by atoms with E-state index in [4.69, 9.17) is 21.4 Å². The van der Waals surface area contributed by atoms with E-state index >= 15 is 0 Å². The molecule has 7 nitrogen and oxygen atoms in total. The van der Waals surface area contributed by atoms with Crippen molar-refractivity contribution < 1.29 is 24.2 Å². The molecule has 1 saturated heterocycles. The highest BCUT2D eigenvalue weighted by molar-refractivity contribution is 8.01. The van der Waals surface area contributed by atoms with E-state index in [-0.39, 0.29) is 30.9 Å². The maximum atomic E-state index is 12.6. The van der Waals surface area contributed by atoms with E-state index in [9.17, 15) is 14.4 Å². The van der Waals surface area contributed by atoms with Gasteiger partial charge in [0.1, 0.15) is 0 Å². The predicted molar refractivity (Wildman–Crippen MR) is 92.9 cm³/mol. The van der Waals surface area contributed by atoms with Crippen LogP contribution in [-0.2, 0) is 19.1 Å². The fourth-order valence-corrected chi connectivity index (χ4v) is 4.09. The van der Waals surface area contributed by atoms with Crippen LogP contribution in [0.3, 0.4) is 0 Å². The first-order valence-electron chi connectivity index (χ1n) is 7.76. The molecule has 0 radical (unpaired) electrons. The van der Waals surface area contributed by atoms with Gasteiger partial charge in [0.25, 0.3) is 0 Å². The summed E-state index contributed by atoms with van der Waals surface area (Å²) in [5.74, 6) is -1.62. The Kier molecular flexibility index (Phi) is 5.21. The zero-order chi connectivity index (χ0) is 18.1. The van der Waals surface area contributed by atoms with Crippen LogP contribution < -0.4 is 5.32 Å². The molecule has 0 saturated carbocycles. The van der Waals surface area contributed by atoms with Crippen LogP contribution >= 0.6 is 23.4 Å². The van der Waals surface area contributed by atoms with Crippen LogP contribution in [0.25, 0.3) is 0 Å². The Morgan fingerprint density at radius 2 is 2.20 bits per heavy atom. The number of hydrogen-bond acceptors (Lipinski definition) is 5. The SMILES string of the molecule is C[C@@H]1CN(C(=O)CC2Sc3ccc(Cl)cc3NC2=O)CC(C(=O)O)O1. The number of benzene rings is 1. The van der Waals surface area contributed by atoms with E-state index in [0.29, 0.717) is 17.3 Å². The minimum absolute atomic E-state index is 0.00236. The molecule has 25 heavy (non-hydrogen) atoms. The molecule has 1 aromatic carbocycles. The molecule has 1 fully saturated rings. The van der Waals surface area contributed by atoms with Crippen molar-refractivity contribution in [2.45, 2.75) is 35.7 Å². The summed E-state index contributed by atoms with van der Waals surface area (Å²) in [6.07, 6.45) is -1.41. The fourth-order valence-electron chi connectivity index (χ4n) is 2.84. The zero-order valence-electron chi connectivity index (χ0n) is 13.4. The molecule has 1 aromatic rings. The first-order chi connectivity index (χ1) is 11.8. The van der Waals surface area contributed by atoms with Gasteiger partial charge in [0.15, 0.2) is 6.10 Å². The Bertz CT molecular complexity index is 728. The third-order valence-electron chi connectivity index (χ3n) is 4.01. The number of thioether (sulfide) groups is 1. The lowest BCUT2D eigenvalue weighted by molar-refractivity contribution is -0.166. The number of carboxylic acids is 1. The van der Waals surface area contributed by atoms with Crippen molar-refractivity contribution in [3.05, 3.63) is 23.2 Å². The number of hydrogen-bond donors (Lipinski definition) is 2. The quantitative estimate of drug-likeness (QED) is 0.825. The molecule has 3 atom stereocenters. The molecule has 0 aromatic heterocycles. The first kappa shape index (κ1) is 18.0. The van der Waals surface area contributed by atoms with E-state index in [1.165, 1.54) is 16.7 Å². The number of carboxylic acid groups (broad SMARTS) is 1. The number of ether oxygens (including phenoxy) is 1. The first-order valence-corrected chi connectivity index (χ1v) is 9.02. The lowest BCUT2D eigenvalue weighted by Gasteiger charge is -2.35. The number of nitrogens with zero attached hydrogens (tertiary/aromatic N) is 1. The lowest BCUT2D eigenvalue weighted by atomic mass is 10.1. The van der Waals surface area contributed by atoms with Gasteiger partial charge in [-0.05, 0) is 25.1 Å². The van der Waals surface area contributed by atoms with E-state index in [2.05, 4.69) is 5.32 Å². The Morgan fingerprint density at radius 3 is 2.92 bits per heavy atom. The molecule has 0 bridgehead atoms. The number of rotatable bonds is 3. The van der Waals surface area contributed by atoms with Gasteiger partial charge in [-0.3, -0.25) is 9.59 Å². The minimum Gasteiger partial charge on any atom is -0.479 e. The number of nitrogens with one attached hydrogen (secondary N) is 1. The average Bonchev–Trinajstić information content (AvgIpc) is 2.55. The van der Waals surface area contributed by atoms with Gasteiger partial charge >= 0.3 is 5.97 Å². The van der Waals surface area contributed by atoms with Crippen molar-refractivity contribution in [1.29, 1.82) is 0 Å². The van der Waals surface area contributed by atoms with Crippen LogP contribution in [0, 0.1) is 0 Å². The molecule has 0 spiro atoms. The van der Waals surface area contributed by atoms with Gasteiger partial charge in [-0.25, -0.2) is 4.79 Å². The van der Waals surface area contributed by atoms with Crippen LogP contribution in [0.1, 0.15) is 13.3 Å². The van der Waals surface area contributed by atoms with Crippen LogP contribution in [0.2, 0.25) is 5.02 Å². The van der Waals surface area contributed by atoms with Crippen LogP contribution in [0.15, 0.2) is 23.1 Å². The number of amides is 2. The summed E-state index contributed by atoms with van der Waals surface area (Å²) in [6, 6.07) is 5.20. The van der Waals surface area contributed by atoms with E-state index in [0.717, 1.165) is 4.90 Å². The summed E-state index contributed by atoms with van der Waals surface area (Å²) in [5.41, 5.74) is 0.636. The smallest absolute Gasteiger partial charge is 0.334 e. The summed E-state index contributed by atoms with van der Waals surface area (Å²) in [5, 5.41) is 11.8. The van der Waals surface area contributed by atoms with Gasteiger partial charge < -0.3 is 20.1 Å². The maximum Gasteiger partial charge on any atom is 0.334 e. The molecule has 2 heterocycles. The summed E-state index contributed by atoms with van der Waals surface area (Å²) >= 11 is 7.23. The molecule has 2 aliphatic heterocycles. The fraction of sp³-hybridized carbons (Fsp3) is 0.438. The maximum absolute atomic E-state index is 12.6. The Hall–Kier alpha value is -1.77. The molecule has 2 aliphatic rings. The number of halogens is 1. The molecular formula is C16H17ClN2O5S. The summed E-state index contributed by atoms with van der Waals surface area (Å²) in [7, 11) is 0. The van der Waals surface area contributed by atoms with E-state index in [1.807, 2.05) is 0 Å². The van der Waals surface area contributed by atoms with E-state index < -0.39 is 17.3 Å². The Balaban J connectivity index is 1.67. The summed E-state index contributed by atoms with van der Waals surface area (Å²) in [4.78, 5) is 38.3. The van der Waals surface area contributed by atoms with Crippen molar-refractivity contribution in [1.82, 2.24) is 4.90 Å². The van der Waals surface area contributed by atoms with Gasteiger partial charge in [-0.2, -0.15) is 0 Å². The van der Waals surface area contributed by atoms with Crippen molar-refractivity contribution >= 4 is 46.8 Å². The zero-order valence-corrected chi connectivity index (χ0v) is 15.0. The molecule has 2 N–H and O–H groups in total. The Morgan fingerprint density at radius 1 is 1.44 bits per heavy atom. The highest BCUT2D eigenvalue weighted by Crippen LogP contribution is 2.38. The lowest BCUT2D eigenvalue weighted by Crippen LogP contribution is -2.52. The van der Waals surface area contributed by atoms with Gasteiger partial charge in [0.05, 0.1) is 23.6 Å². The van der Waals surface area contributed by atoms with E-state index in [1.54, 1.807) is 25.1 Å². The summed E-state index contributed by atoms with van der Waals surface area (Å²) < 4.78 is 5.31. The summed E-state index contributed by atoms with van der Waals surface area (Å²) in [6.45, 7) is 2.02. The molecule has 2 amide bonds.